The molecule has 23 heteroatoms. The van der Waals surface area contributed by atoms with E-state index in [1.54, 1.807) is 0 Å². The molecule has 21 nitrogen and oxygen atoms in total. The SMILES string of the molecule is [N-]=[N+]=Nc1nc2c3ncnc2n1[C@@H]1O[C@H](COP(=O)(OP(=O)(O)O)OC[C@H]2O[C@H](N3)[C@H](O)[C@@H]2O)[C@@H](O)[C@H]1O. The van der Waals surface area contributed by atoms with E-state index in [2.05, 4.69) is 34.6 Å². The zero-order valence-electron chi connectivity index (χ0n) is 18.7. The van der Waals surface area contributed by atoms with Gasteiger partial charge in [-0.2, -0.15) is 4.31 Å². The largest absolute Gasteiger partial charge is 0.483 e. The third kappa shape index (κ3) is 5.02. The molecular formula is C15H20N8O13P2. The fraction of sp³-hybridized carbons (Fsp3) is 0.667. The summed E-state index contributed by atoms with van der Waals surface area (Å²) in [5.41, 5.74) is 8.94. The molecule has 5 heterocycles. The molecule has 3 aliphatic heterocycles. The number of nitrogens with zero attached hydrogens (tertiary/aromatic N) is 7. The first kappa shape index (κ1) is 27.3. The highest BCUT2D eigenvalue weighted by molar-refractivity contribution is 7.61. The molecule has 3 aliphatic rings. The van der Waals surface area contributed by atoms with Crippen LogP contribution in [0, 0.1) is 0 Å². The molecule has 0 aliphatic carbocycles. The highest BCUT2D eigenvalue weighted by atomic mass is 31.3. The highest BCUT2D eigenvalue weighted by Crippen LogP contribution is 2.61. The van der Waals surface area contributed by atoms with E-state index < -0.39 is 77.9 Å². The number of imidazole rings is 1. The molecule has 2 aromatic heterocycles. The van der Waals surface area contributed by atoms with Crippen molar-refractivity contribution in [1.29, 1.82) is 0 Å². The number of fused-ring (bicyclic) bond motifs is 5. The summed E-state index contributed by atoms with van der Waals surface area (Å²) in [4.78, 5) is 33.3. The van der Waals surface area contributed by atoms with Crippen LogP contribution in [0.15, 0.2) is 11.4 Å². The number of nitrogens with one attached hydrogen (secondary N) is 1. The Morgan fingerprint density at radius 3 is 2.42 bits per heavy atom. The number of azide groups is 1. The number of phosphoric acid groups is 2. The Bertz CT molecular complexity index is 1370. The Kier molecular flexibility index (Phi) is 7.18. The smallest absolute Gasteiger partial charge is 0.387 e. The van der Waals surface area contributed by atoms with Crippen LogP contribution in [0.25, 0.3) is 21.6 Å². The predicted octanol–water partition coefficient (Wildman–Crippen LogP) is -1.49. The van der Waals surface area contributed by atoms with Gasteiger partial charge in [-0.15, -0.1) is 0 Å². The zero-order chi connectivity index (χ0) is 27.4. The van der Waals surface area contributed by atoms with Crippen molar-refractivity contribution in [3.05, 3.63) is 16.8 Å². The van der Waals surface area contributed by atoms with Gasteiger partial charge in [0.1, 0.15) is 43.0 Å². The van der Waals surface area contributed by atoms with Gasteiger partial charge in [-0.1, -0.05) is 0 Å². The minimum Gasteiger partial charge on any atom is -0.387 e. The molecule has 8 bridgehead atoms. The molecule has 0 aromatic carbocycles. The normalized spacial score (nSPS) is 37.7. The topological polar surface area (TPSA) is 306 Å². The van der Waals surface area contributed by atoms with Crippen LogP contribution in [-0.4, -0.2) is 106 Å². The lowest BCUT2D eigenvalue weighted by Gasteiger charge is -2.23. The molecule has 0 saturated carbocycles. The lowest BCUT2D eigenvalue weighted by Crippen LogP contribution is -2.37. The van der Waals surface area contributed by atoms with Gasteiger partial charge < -0.3 is 45.0 Å². The van der Waals surface area contributed by atoms with Gasteiger partial charge in [0.05, 0.1) is 13.2 Å². The summed E-state index contributed by atoms with van der Waals surface area (Å²) in [6.45, 7) is -1.74. The number of aliphatic hydroxyl groups is 4. The van der Waals surface area contributed by atoms with E-state index in [0.29, 0.717) is 0 Å². The van der Waals surface area contributed by atoms with Crippen molar-refractivity contribution in [1.82, 2.24) is 19.5 Å². The van der Waals surface area contributed by atoms with Crippen LogP contribution in [0.2, 0.25) is 0 Å². The third-order valence-corrected chi connectivity index (χ3v) is 8.41. The van der Waals surface area contributed by atoms with Gasteiger partial charge in [-0.3, -0.25) is 13.6 Å². The number of ether oxygens (including phenoxy) is 2. The first-order valence-electron chi connectivity index (χ1n) is 10.6. The lowest BCUT2D eigenvalue weighted by atomic mass is 10.1. The van der Waals surface area contributed by atoms with Crippen LogP contribution in [0.4, 0.5) is 11.8 Å². The molecule has 2 aromatic rings. The van der Waals surface area contributed by atoms with E-state index in [0.717, 1.165) is 10.9 Å². The summed E-state index contributed by atoms with van der Waals surface area (Å²) >= 11 is 0. The first-order valence-corrected chi connectivity index (χ1v) is 13.6. The van der Waals surface area contributed by atoms with Gasteiger partial charge >= 0.3 is 15.6 Å². The zero-order valence-corrected chi connectivity index (χ0v) is 20.5. The number of aliphatic hydroxyl groups excluding tert-OH is 4. The average molecular weight is 582 g/mol. The van der Waals surface area contributed by atoms with Gasteiger partial charge in [0, 0.05) is 4.91 Å². The van der Waals surface area contributed by atoms with Crippen molar-refractivity contribution in [3.8, 4) is 0 Å². The van der Waals surface area contributed by atoms with Crippen LogP contribution >= 0.6 is 15.6 Å². The van der Waals surface area contributed by atoms with Gasteiger partial charge in [0.15, 0.2) is 29.4 Å². The molecule has 0 amide bonds. The van der Waals surface area contributed by atoms with Gasteiger partial charge in [-0.05, 0) is 10.6 Å². The average Bonchev–Trinajstić information content (AvgIpc) is 3.43. The van der Waals surface area contributed by atoms with E-state index in [4.69, 9.17) is 24.1 Å². The van der Waals surface area contributed by atoms with Crippen molar-refractivity contribution in [3.63, 3.8) is 0 Å². The monoisotopic (exact) mass is 582 g/mol. The molecule has 0 spiro atoms. The molecule has 2 fully saturated rings. The highest BCUT2D eigenvalue weighted by Gasteiger charge is 2.49. The molecule has 208 valence electrons. The van der Waals surface area contributed by atoms with Crippen molar-refractivity contribution in [2.45, 2.75) is 49.1 Å². The second kappa shape index (κ2) is 10.0. The summed E-state index contributed by atoms with van der Waals surface area (Å²) in [5.74, 6) is -0.450. The Morgan fingerprint density at radius 2 is 1.76 bits per heavy atom. The predicted molar refractivity (Wildman–Crippen MR) is 117 cm³/mol. The summed E-state index contributed by atoms with van der Waals surface area (Å²) in [6, 6.07) is 0. The Balaban J connectivity index is 1.61. The second-order valence-corrected chi connectivity index (χ2v) is 11.3. The molecule has 0 radical (unpaired) electrons. The fourth-order valence-corrected chi connectivity index (χ4v) is 6.27. The summed E-state index contributed by atoms with van der Waals surface area (Å²) in [5, 5.41) is 48.2. The Labute approximate surface area is 210 Å². The lowest BCUT2D eigenvalue weighted by molar-refractivity contribution is -0.0539. The van der Waals surface area contributed by atoms with E-state index in [-0.39, 0.29) is 22.9 Å². The quantitative estimate of drug-likeness (QED) is 0.0938. The van der Waals surface area contributed by atoms with Crippen molar-refractivity contribution >= 4 is 38.6 Å². The minimum atomic E-state index is -5.47. The molecule has 38 heavy (non-hydrogen) atoms. The van der Waals surface area contributed by atoms with Crippen molar-refractivity contribution in [2.75, 3.05) is 18.5 Å². The van der Waals surface area contributed by atoms with Gasteiger partial charge in [0.2, 0.25) is 5.95 Å². The van der Waals surface area contributed by atoms with Crippen LogP contribution in [0.3, 0.4) is 0 Å². The van der Waals surface area contributed by atoms with Gasteiger partial charge in [-0.25, -0.2) is 24.1 Å². The van der Waals surface area contributed by atoms with Crippen LogP contribution in [-0.2, 0) is 32.0 Å². The minimum absolute atomic E-state index is 0.0310. The maximum atomic E-state index is 13.0. The first-order chi connectivity index (χ1) is 17.9. The Hall–Kier alpha value is -2.32. The van der Waals surface area contributed by atoms with E-state index in [1.165, 1.54) is 0 Å². The maximum Gasteiger partial charge on any atom is 0.483 e. The van der Waals surface area contributed by atoms with Crippen LogP contribution in [0.5, 0.6) is 0 Å². The second-order valence-electron chi connectivity index (χ2n) is 8.24. The number of hydrogen-bond donors (Lipinski definition) is 7. The number of aromatic nitrogens is 4. The van der Waals surface area contributed by atoms with Crippen molar-refractivity contribution in [2.24, 2.45) is 5.11 Å². The Morgan fingerprint density at radius 1 is 1.11 bits per heavy atom. The summed E-state index contributed by atoms with van der Waals surface area (Å²) in [6.07, 6.45) is -11.5. The number of rotatable bonds is 3. The fourth-order valence-electron chi connectivity index (χ4n) is 4.11. The molecule has 9 atom stereocenters. The van der Waals surface area contributed by atoms with Gasteiger partial charge in [0.25, 0.3) is 0 Å². The van der Waals surface area contributed by atoms with E-state index >= 15 is 0 Å². The number of anilines is 1. The van der Waals surface area contributed by atoms with Crippen LogP contribution < -0.4 is 5.32 Å². The molecule has 2 saturated heterocycles. The maximum absolute atomic E-state index is 13.0. The van der Waals surface area contributed by atoms with Crippen molar-refractivity contribution < 1.29 is 62.2 Å². The number of hydrogen-bond acceptors (Lipinski definition) is 16. The van der Waals surface area contributed by atoms with E-state index in [9.17, 15) is 39.3 Å². The van der Waals surface area contributed by atoms with Crippen LogP contribution in [0.1, 0.15) is 6.23 Å². The third-order valence-electron chi connectivity index (χ3n) is 5.83. The number of phosphoric ester groups is 1. The van der Waals surface area contributed by atoms with E-state index in [1.807, 2.05) is 0 Å². The summed E-state index contributed by atoms with van der Waals surface area (Å²) in [7, 11) is -10.6. The molecule has 1 unspecified atom stereocenters. The molecular weight excluding hydrogens is 562 g/mol. The summed E-state index contributed by atoms with van der Waals surface area (Å²) < 4.78 is 50.7. The standard InChI is InChI=1S/C15H20N8O13P2/c16-22-21-15-19-6-11-17-3-18-12(6)23(15)14-10(27)8(25)5(35-14)2-33-38(31,36-37(28,29)30)32-1-4-7(24)9(26)13(20-11)34-4/h3-5,7-10,13-14,24-27H,1-2H2,(H,17,18,20)(H2,28,29,30)/t4-,5-,7-,8-,9-,10-,13+,14-,38?/m1/s1. The molecule has 5 rings (SSSR count). The molecule has 7 N–H and O–H groups in total.